The number of nitrogens with one attached hydrogen (secondary N) is 1. The average Bonchev–Trinajstić information content (AvgIpc) is 3.39. The average molecular weight is 621 g/mol. The Bertz CT molecular complexity index is 1370. The van der Waals surface area contributed by atoms with Gasteiger partial charge < -0.3 is 19.7 Å². The Labute approximate surface area is 254 Å². The number of methoxy groups -OCH3 is 2. The molecule has 1 atom stereocenters. The summed E-state index contributed by atoms with van der Waals surface area (Å²) in [6, 6.07) is 10.2. The van der Waals surface area contributed by atoms with Crippen molar-refractivity contribution in [2.45, 2.75) is 59.6 Å². The number of anilines is 1. The van der Waals surface area contributed by atoms with Gasteiger partial charge in [-0.25, -0.2) is 0 Å². The van der Waals surface area contributed by atoms with Crippen molar-refractivity contribution in [1.82, 2.24) is 15.1 Å². The maximum absolute atomic E-state index is 13.4. The Balaban J connectivity index is 1.64. The summed E-state index contributed by atoms with van der Waals surface area (Å²) in [6.07, 6.45) is -2.56. The van der Waals surface area contributed by atoms with Gasteiger partial charge in [-0.3, -0.25) is 9.59 Å². The molecule has 0 aliphatic rings. The lowest BCUT2D eigenvalue weighted by molar-refractivity contribution is -0.137. The zero-order valence-electron chi connectivity index (χ0n) is 25.4. The third kappa shape index (κ3) is 10.5. The number of carbonyl (C=O) groups excluding carboxylic acids is 2. The molecule has 2 amide bonds. The lowest BCUT2D eigenvalue weighted by atomic mass is 9.84. The van der Waals surface area contributed by atoms with E-state index < -0.39 is 11.7 Å². The second-order valence-electron chi connectivity index (χ2n) is 11.7. The Morgan fingerprint density at radius 2 is 1.65 bits per heavy atom. The fourth-order valence-corrected chi connectivity index (χ4v) is 5.58. The summed E-state index contributed by atoms with van der Waals surface area (Å²) >= 11 is 1.06. The molecular formula is C31H39F3N4O4S. The minimum Gasteiger partial charge on any atom is -0.493 e. The lowest BCUT2D eigenvalue weighted by Gasteiger charge is -2.27. The minimum atomic E-state index is -4.43. The smallest absolute Gasteiger partial charge is 0.416 e. The molecule has 8 nitrogen and oxygen atoms in total. The van der Waals surface area contributed by atoms with Gasteiger partial charge in [0.1, 0.15) is 5.01 Å². The Morgan fingerprint density at radius 3 is 2.26 bits per heavy atom. The zero-order chi connectivity index (χ0) is 31.8. The molecule has 12 heteroatoms. The number of rotatable bonds is 13. The van der Waals surface area contributed by atoms with E-state index in [1.807, 2.05) is 18.2 Å². The van der Waals surface area contributed by atoms with Gasteiger partial charge in [-0.15, -0.1) is 10.2 Å². The van der Waals surface area contributed by atoms with Crippen LogP contribution in [0, 0.1) is 11.3 Å². The number of hydrogen-bond donors (Lipinski definition) is 1. The first-order valence-corrected chi connectivity index (χ1v) is 14.8. The van der Waals surface area contributed by atoms with Crippen LogP contribution in [-0.2, 0) is 22.2 Å². The Morgan fingerprint density at radius 1 is 0.977 bits per heavy atom. The predicted molar refractivity (Wildman–Crippen MR) is 161 cm³/mol. The first-order valence-electron chi connectivity index (χ1n) is 14.0. The molecule has 1 N–H and O–H groups in total. The summed E-state index contributed by atoms with van der Waals surface area (Å²) in [5, 5.41) is 11.2. The van der Waals surface area contributed by atoms with Crippen molar-refractivity contribution in [2.24, 2.45) is 11.3 Å². The van der Waals surface area contributed by atoms with Gasteiger partial charge in [0.2, 0.25) is 16.9 Å². The topological polar surface area (TPSA) is 93.6 Å². The van der Waals surface area contributed by atoms with Crippen LogP contribution in [-0.4, -0.2) is 54.2 Å². The fourth-order valence-electron chi connectivity index (χ4n) is 4.82. The molecule has 2 aromatic carbocycles. The van der Waals surface area contributed by atoms with Crippen LogP contribution >= 0.6 is 11.3 Å². The van der Waals surface area contributed by atoms with E-state index in [0.29, 0.717) is 41.5 Å². The van der Waals surface area contributed by atoms with E-state index in [9.17, 15) is 22.8 Å². The normalized spacial score (nSPS) is 12.5. The number of hydrogen-bond acceptors (Lipinski definition) is 7. The molecule has 0 fully saturated rings. The summed E-state index contributed by atoms with van der Waals surface area (Å²) in [4.78, 5) is 27.9. The Kier molecular flexibility index (Phi) is 11.5. The molecule has 3 aromatic rings. The quantitative estimate of drug-likeness (QED) is 0.219. The number of nitrogens with zero attached hydrogens (tertiary/aromatic N) is 3. The molecule has 234 valence electrons. The van der Waals surface area contributed by atoms with Gasteiger partial charge in [0.05, 0.1) is 19.8 Å². The number of benzene rings is 2. The third-order valence-corrected chi connectivity index (χ3v) is 7.58. The first-order chi connectivity index (χ1) is 20.2. The molecule has 0 bridgehead atoms. The Hall–Kier alpha value is -3.67. The van der Waals surface area contributed by atoms with E-state index in [0.717, 1.165) is 35.5 Å². The van der Waals surface area contributed by atoms with Crippen LogP contribution < -0.4 is 14.8 Å². The van der Waals surface area contributed by atoms with Crippen LogP contribution in [0.3, 0.4) is 0 Å². The van der Waals surface area contributed by atoms with E-state index in [2.05, 4.69) is 43.2 Å². The highest BCUT2D eigenvalue weighted by molar-refractivity contribution is 7.18. The molecule has 0 saturated carbocycles. The fraction of sp³-hybridized carbons (Fsp3) is 0.484. The van der Waals surface area contributed by atoms with Gasteiger partial charge in [0.25, 0.3) is 0 Å². The van der Waals surface area contributed by atoms with Crippen molar-refractivity contribution >= 4 is 28.3 Å². The van der Waals surface area contributed by atoms with Crippen LogP contribution in [0.15, 0.2) is 42.5 Å². The highest BCUT2D eigenvalue weighted by atomic mass is 32.1. The van der Waals surface area contributed by atoms with E-state index in [1.54, 1.807) is 19.1 Å². The lowest BCUT2D eigenvalue weighted by Crippen LogP contribution is -2.36. The predicted octanol–water partition coefficient (Wildman–Crippen LogP) is 7.10. The van der Waals surface area contributed by atoms with Crippen LogP contribution in [0.25, 0.3) is 10.6 Å². The van der Waals surface area contributed by atoms with Crippen molar-refractivity contribution < 1.29 is 32.2 Å². The van der Waals surface area contributed by atoms with Gasteiger partial charge in [-0.1, -0.05) is 57.2 Å². The number of alkyl halides is 3. The standard InChI is InChI=1S/C31H39F3N4O4S/c1-20(19-30(2,3)4)17-27(40)38(15-13-21-7-12-24(41-5)25(18-21)42-6)16-14-26(39)35-29-37-36-28(43-29)22-8-10-23(11-9-22)31(32,33)34/h7-12,18,20H,13-17,19H2,1-6H3,(H,35,37,39). The monoisotopic (exact) mass is 620 g/mol. The summed E-state index contributed by atoms with van der Waals surface area (Å²) in [5.41, 5.74) is 0.757. The summed E-state index contributed by atoms with van der Waals surface area (Å²) < 4.78 is 49.3. The van der Waals surface area contributed by atoms with Crippen LogP contribution in [0.2, 0.25) is 0 Å². The van der Waals surface area contributed by atoms with Crippen molar-refractivity contribution in [3.63, 3.8) is 0 Å². The molecule has 0 aliphatic heterocycles. The molecule has 1 heterocycles. The highest BCUT2D eigenvalue weighted by Crippen LogP contribution is 2.33. The SMILES string of the molecule is COc1ccc(CCN(CCC(=O)Nc2nnc(-c3ccc(C(F)(F)F)cc3)s2)C(=O)CC(C)CC(C)(C)C)cc1OC. The zero-order valence-corrected chi connectivity index (χ0v) is 26.2. The molecule has 43 heavy (non-hydrogen) atoms. The van der Waals surface area contributed by atoms with Crippen molar-refractivity contribution in [3.8, 4) is 22.1 Å². The van der Waals surface area contributed by atoms with Gasteiger partial charge in [-0.2, -0.15) is 13.2 Å². The molecular weight excluding hydrogens is 581 g/mol. The second-order valence-corrected chi connectivity index (χ2v) is 12.7. The molecule has 3 rings (SSSR count). The molecule has 1 aromatic heterocycles. The van der Waals surface area contributed by atoms with Crippen molar-refractivity contribution in [3.05, 3.63) is 53.6 Å². The summed E-state index contributed by atoms with van der Waals surface area (Å²) in [6.45, 7) is 9.12. The number of halogens is 3. The molecule has 0 spiro atoms. The molecule has 0 aliphatic carbocycles. The van der Waals surface area contributed by atoms with Gasteiger partial charge in [0, 0.05) is 31.5 Å². The van der Waals surface area contributed by atoms with Crippen molar-refractivity contribution in [2.75, 3.05) is 32.6 Å². The van der Waals surface area contributed by atoms with Crippen LogP contribution in [0.4, 0.5) is 18.3 Å². The number of ether oxygens (including phenoxy) is 2. The largest absolute Gasteiger partial charge is 0.493 e. The number of aromatic nitrogens is 2. The summed E-state index contributed by atoms with van der Waals surface area (Å²) in [7, 11) is 3.14. The van der Waals surface area contributed by atoms with E-state index in [1.165, 1.54) is 12.1 Å². The first kappa shape index (κ1) is 33.8. The molecule has 0 saturated heterocycles. The minimum absolute atomic E-state index is 0.0227. The van der Waals surface area contributed by atoms with Gasteiger partial charge >= 0.3 is 6.18 Å². The van der Waals surface area contributed by atoms with E-state index >= 15 is 0 Å². The van der Waals surface area contributed by atoms with Gasteiger partial charge in [0.15, 0.2) is 11.5 Å². The van der Waals surface area contributed by atoms with E-state index in [-0.39, 0.29) is 41.2 Å². The summed E-state index contributed by atoms with van der Waals surface area (Å²) in [5.74, 6) is 1.02. The number of amides is 2. The number of carbonyl (C=O) groups is 2. The van der Waals surface area contributed by atoms with E-state index in [4.69, 9.17) is 9.47 Å². The highest BCUT2D eigenvalue weighted by Gasteiger charge is 2.30. The molecule has 0 radical (unpaired) electrons. The maximum atomic E-state index is 13.4. The second kappa shape index (κ2) is 14.7. The third-order valence-electron chi connectivity index (χ3n) is 6.69. The van der Waals surface area contributed by atoms with Crippen LogP contribution in [0.5, 0.6) is 11.5 Å². The maximum Gasteiger partial charge on any atom is 0.416 e. The van der Waals surface area contributed by atoms with Crippen molar-refractivity contribution in [1.29, 1.82) is 0 Å². The van der Waals surface area contributed by atoms with Gasteiger partial charge in [-0.05, 0) is 54.0 Å². The van der Waals surface area contributed by atoms with Crippen LogP contribution in [0.1, 0.15) is 58.1 Å². The molecule has 1 unspecified atom stereocenters.